The molecule has 0 spiro atoms. The number of Topliss-reactive ketones (excluding diaryl/α,β-unsaturated/α-hetero) is 9. The molecule has 19 heteroatoms. The van der Waals surface area contributed by atoms with Crippen LogP contribution in [0.1, 0.15) is 173 Å². The van der Waals surface area contributed by atoms with E-state index in [1.54, 1.807) is 81.8 Å². The average molecular weight is 1200 g/mol. The van der Waals surface area contributed by atoms with Crippen molar-refractivity contribution >= 4 is 57.1 Å². The van der Waals surface area contributed by atoms with Gasteiger partial charge in [0, 0.05) is 69.2 Å². The molecule has 394 valence electrons. The van der Waals surface area contributed by atoms with Crippen molar-refractivity contribution in [3.05, 3.63) is 39.6 Å². The van der Waals surface area contributed by atoms with Crippen LogP contribution in [0.5, 0.6) is 0 Å². The molecule has 2 unspecified atom stereocenters. The number of carbonyl (C=O) groups excluding carboxylic acids is 9. The predicted molar refractivity (Wildman–Crippen MR) is 257 cm³/mol. The van der Waals surface area contributed by atoms with Crippen molar-refractivity contribution in [1.29, 1.82) is 1.19 Å². The summed E-state index contributed by atoms with van der Waals surface area (Å²) in [6.45, 7) is 18.9. The first kappa shape index (κ1) is 63.5. The molecule has 2 bridgehead atoms. The molecule has 6 saturated carbocycles. The molecule has 2 atom stereocenters. The van der Waals surface area contributed by atoms with E-state index in [0.717, 1.165) is 37.0 Å². The van der Waals surface area contributed by atoms with Crippen molar-refractivity contribution < 1.29 is 102 Å². The number of rotatable bonds is 2. The summed E-state index contributed by atoms with van der Waals surface area (Å²) >= 11 is -2.48. The minimum absolute atomic E-state index is 0. The Hall–Kier alpha value is -3.50. The first-order valence-corrected chi connectivity index (χ1v) is 24.3. The van der Waals surface area contributed by atoms with Gasteiger partial charge in [-0.1, -0.05) is 34.3 Å². The van der Waals surface area contributed by atoms with Gasteiger partial charge >= 0.3 is 58.9 Å². The topological polar surface area (TPSA) is 235 Å². The van der Waals surface area contributed by atoms with E-state index >= 15 is 0 Å². The number of aromatic amines is 1. The van der Waals surface area contributed by atoms with Crippen molar-refractivity contribution in [2.45, 2.75) is 169 Å². The van der Waals surface area contributed by atoms with Crippen molar-refractivity contribution in [2.75, 3.05) is 0 Å². The summed E-state index contributed by atoms with van der Waals surface area (Å²) in [6.07, 6.45) is 12.0. The molecule has 6 aliphatic rings. The van der Waals surface area contributed by atoms with E-state index in [-0.39, 0.29) is 108 Å². The molecular formula is C50H81BFI2N3O12-2. The molecule has 15 nitrogen and oxygen atoms in total. The maximum absolute atomic E-state index is 11.9. The molecule has 8 rings (SSSR count). The summed E-state index contributed by atoms with van der Waals surface area (Å²) in [5.41, 5.74) is -0.0248. The number of nitrogens with one attached hydrogen (secondary N) is 1. The van der Waals surface area contributed by atoms with E-state index in [0.29, 0.717) is 36.6 Å². The van der Waals surface area contributed by atoms with E-state index in [1.807, 2.05) is 13.8 Å². The quantitative estimate of drug-likeness (QED) is 0.258. The molecule has 2 aromatic heterocycles. The Balaban J connectivity index is -0.000000768. The second-order valence-corrected chi connectivity index (χ2v) is 19.5. The van der Waals surface area contributed by atoms with Crippen LogP contribution in [0.15, 0.2) is 21.7 Å². The number of halogens is 3. The average Bonchev–Trinajstić information content (AvgIpc) is 3.78. The van der Waals surface area contributed by atoms with Crippen LogP contribution in [0.2, 0.25) is 0 Å². The normalized spacial score (nSPS) is 24.6. The SMILES string of the molecule is C.C.CC1C(=O)C(C)(C)C(=O)C(C)(C)C1=O.CC1C(=O)C2CCC(C2)C1=O.CC1C(=O)CCCC1=O.CC1CC(=O)C(C)C(=O)C1.Cc1c[nH]n(C)c1=O.Cc1cnoc1C1CC1.[2H]C.[2H][I-]B=O.[3H][I-]F. The standard InChI is InChI=1S/C11H16O3.C9H12O2.C8H12O2.C7H9NO.C7H10O2.C5H8N2O.3CH4.BHIO.FHI/c1-6-7(12)10(2,3)9(14)11(4,5)8(6)13;1-5-8(10)6-2-3-7(4-6)9(5)11;1-5-3-7(9)6(2)8(10)4-5;1-5-4-8-9-7(5)6-2-3-6;1-5-6(8)3-2-4-7(5)9;1-4-3-6-7(2)5(4)8;;;;2-1-3;1-2/h6H,1-5H3;5-7H,2-4H2,1H3;5-6H,3-4H2,1-2H3;4,6H,2-3H2,1H3;5H,2-4H2,1H3;3,6H,1-2H3;3*1H4;2H;2H/q;;;;;;;;;2*-1/i;;;;;;1D;;;2D;2T. The van der Waals surface area contributed by atoms with E-state index < -0.39 is 61.9 Å². The summed E-state index contributed by atoms with van der Waals surface area (Å²) in [5, 5.41) is 7.10. The molecular weight excluding hydrogens is 1120 g/mol. The first-order valence-electron chi connectivity index (χ1n) is 24.0. The number of H-pyrrole nitrogens is 1. The summed E-state index contributed by atoms with van der Waals surface area (Å²) in [4.78, 5) is 112. The van der Waals surface area contributed by atoms with Crippen LogP contribution in [-0.4, -0.2) is 73.2 Å². The van der Waals surface area contributed by atoms with Crippen LogP contribution >= 0.6 is 0 Å². The monoisotopic (exact) mass is 1200 g/mol. The van der Waals surface area contributed by atoms with Gasteiger partial charge < -0.3 is 9.62 Å². The predicted octanol–water partition coefficient (Wildman–Crippen LogP) is 1.91. The molecule has 0 aliphatic heterocycles. The van der Waals surface area contributed by atoms with Gasteiger partial charge in [0.25, 0.3) is 5.56 Å². The molecule has 0 aromatic carbocycles. The molecule has 6 fully saturated rings. The van der Waals surface area contributed by atoms with Crippen molar-refractivity contribution in [2.24, 2.45) is 59.3 Å². The third-order valence-electron chi connectivity index (χ3n) is 13.0. The van der Waals surface area contributed by atoms with Crippen LogP contribution in [0.3, 0.4) is 0 Å². The van der Waals surface area contributed by atoms with Crippen LogP contribution in [-0.2, 0) is 54.9 Å². The van der Waals surface area contributed by atoms with Gasteiger partial charge in [-0.2, -0.15) is 0 Å². The summed E-state index contributed by atoms with van der Waals surface area (Å²) in [5.74, 6) is 1.04. The number of hydrogen-bond acceptors (Lipinski definition) is 13. The summed E-state index contributed by atoms with van der Waals surface area (Å²) < 4.78 is 43.2. The number of fused-ring (bicyclic) bond motifs is 2. The van der Waals surface area contributed by atoms with Crippen LogP contribution in [0.4, 0.5) is 2.86 Å². The first-order chi connectivity index (χ1) is 32.6. The maximum atomic E-state index is 11.9. The Bertz CT molecular complexity index is 2080. The van der Waals surface area contributed by atoms with Crippen LogP contribution in [0, 0.1) is 66.1 Å². The van der Waals surface area contributed by atoms with Gasteiger partial charge in [0.05, 0.1) is 40.7 Å². The van der Waals surface area contributed by atoms with Gasteiger partial charge in [-0.3, -0.25) is 52.6 Å². The number of nitrogens with zero attached hydrogens (tertiary/aromatic N) is 2. The third-order valence-corrected chi connectivity index (χ3v) is 13.0. The molecule has 0 amide bonds. The summed E-state index contributed by atoms with van der Waals surface area (Å²) in [6, 6.07) is 0. The zero-order valence-corrected chi connectivity index (χ0v) is 45.7. The second kappa shape index (κ2) is 31.8. The zero-order valence-electron chi connectivity index (χ0n) is 44.3. The Kier molecular flexibility index (Phi) is 29.2. The molecule has 6 aliphatic carbocycles. The fourth-order valence-electron chi connectivity index (χ4n) is 8.51. The molecule has 69 heavy (non-hydrogen) atoms. The van der Waals surface area contributed by atoms with Gasteiger partial charge in [0.15, 0.2) is 17.3 Å². The molecule has 2 aromatic rings. The Labute approximate surface area is 439 Å². The van der Waals surface area contributed by atoms with Gasteiger partial charge in [-0.15, -0.1) is 0 Å². The Morgan fingerprint density at radius 3 is 1.46 bits per heavy atom. The summed E-state index contributed by atoms with van der Waals surface area (Å²) in [7, 11) is 2.94. The Morgan fingerprint density at radius 1 is 0.754 bits per heavy atom. The molecule has 0 radical (unpaired) electrons. The molecule has 1 N–H and O–H groups in total. The van der Waals surface area contributed by atoms with Gasteiger partial charge in [-0.25, -0.2) is 0 Å². The number of aryl methyl sites for hydroxylation is 3. The number of aromatic nitrogens is 3. The van der Waals surface area contributed by atoms with E-state index in [9.17, 15) is 50.8 Å². The molecule has 2 heterocycles. The third kappa shape index (κ3) is 19.6. The van der Waals surface area contributed by atoms with Gasteiger partial charge in [0.2, 0.25) is 0 Å². The van der Waals surface area contributed by atoms with Crippen LogP contribution in [0.25, 0.3) is 0 Å². The fraction of sp³-hybridized carbons (Fsp3) is 0.700. The minimum atomic E-state index is -1.66. The van der Waals surface area contributed by atoms with E-state index in [1.165, 1.54) is 30.5 Å². The van der Waals surface area contributed by atoms with Crippen molar-refractivity contribution in [3.63, 3.8) is 0 Å². The van der Waals surface area contributed by atoms with E-state index in [4.69, 9.17) is 11.8 Å². The molecule has 0 saturated heterocycles. The van der Waals surface area contributed by atoms with Crippen LogP contribution < -0.4 is 50.7 Å². The second-order valence-electron chi connectivity index (χ2n) is 19.0. The van der Waals surface area contributed by atoms with Gasteiger partial charge in [0.1, 0.15) is 40.5 Å². The Morgan fingerprint density at radius 2 is 1.16 bits per heavy atom. The number of hydrogen-bond donors (Lipinski definition) is 1. The fourth-order valence-corrected chi connectivity index (χ4v) is 8.51. The van der Waals surface area contributed by atoms with E-state index in [2.05, 4.69) is 10.3 Å². The zero-order chi connectivity index (χ0) is 54.4. The van der Waals surface area contributed by atoms with Crippen molar-refractivity contribution in [3.8, 4) is 0 Å². The number of ketones is 9. The number of carbonyl (C=O) groups is 9. The van der Waals surface area contributed by atoms with Gasteiger partial charge in [-0.05, 0) is 114 Å². The van der Waals surface area contributed by atoms with Crippen molar-refractivity contribution in [1.82, 2.24) is 14.9 Å².